The standard InChI is InChI=1S/C13H10N2/c1-2-4-12-8(3-1)9-5-6-11-10(7-14-11)13(9)15-12/h1-6,14-15H,7H2. The van der Waals surface area contributed by atoms with Crippen molar-refractivity contribution in [3.8, 4) is 0 Å². The van der Waals surface area contributed by atoms with Crippen molar-refractivity contribution in [2.45, 2.75) is 6.54 Å². The van der Waals surface area contributed by atoms with Gasteiger partial charge in [-0.05, 0) is 12.1 Å². The second kappa shape index (κ2) is 2.34. The first-order valence-electron chi connectivity index (χ1n) is 5.20. The van der Waals surface area contributed by atoms with Crippen LogP contribution in [0.5, 0.6) is 0 Å². The Labute approximate surface area is 86.9 Å². The van der Waals surface area contributed by atoms with E-state index in [1.165, 1.54) is 33.1 Å². The molecule has 2 nitrogen and oxygen atoms in total. The lowest BCUT2D eigenvalue weighted by Gasteiger charge is -2.21. The Hall–Kier alpha value is -1.96. The quantitative estimate of drug-likeness (QED) is 0.565. The van der Waals surface area contributed by atoms with Crippen LogP contribution in [0.15, 0.2) is 36.4 Å². The van der Waals surface area contributed by atoms with Crippen molar-refractivity contribution in [3.05, 3.63) is 42.0 Å². The van der Waals surface area contributed by atoms with Gasteiger partial charge in [0.05, 0.1) is 5.52 Å². The van der Waals surface area contributed by atoms with Crippen LogP contribution in [0.3, 0.4) is 0 Å². The molecule has 2 N–H and O–H groups in total. The number of nitrogens with one attached hydrogen (secondary N) is 2. The highest BCUT2D eigenvalue weighted by molar-refractivity contribution is 6.10. The first kappa shape index (κ1) is 7.35. The highest BCUT2D eigenvalue weighted by atomic mass is 14.9. The third-order valence-electron chi connectivity index (χ3n) is 3.25. The summed E-state index contributed by atoms with van der Waals surface area (Å²) in [7, 11) is 0. The Bertz CT molecular complexity index is 679. The zero-order chi connectivity index (χ0) is 9.83. The number of para-hydroxylation sites is 1. The SMILES string of the molecule is c1ccc2c(c1)[nH]c1c3c(ccc12)NC3. The minimum atomic E-state index is 0.986. The van der Waals surface area contributed by atoms with Gasteiger partial charge in [-0.3, -0.25) is 0 Å². The van der Waals surface area contributed by atoms with Crippen LogP contribution < -0.4 is 5.32 Å². The number of fused-ring (bicyclic) bond motifs is 5. The number of aromatic nitrogens is 1. The zero-order valence-corrected chi connectivity index (χ0v) is 8.17. The number of H-pyrrole nitrogens is 1. The normalized spacial score (nSPS) is 13.6. The van der Waals surface area contributed by atoms with Crippen LogP contribution in [0.4, 0.5) is 5.69 Å². The Morgan fingerprint density at radius 1 is 0.933 bits per heavy atom. The lowest BCUT2D eigenvalue weighted by Crippen LogP contribution is -2.13. The topological polar surface area (TPSA) is 27.8 Å². The Kier molecular flexibility index (Phi) is 1.15. The predicted octanol–water partition coefficient (Wildman–Crippen LogP) is 3.25. The Morgan fingerprint density at radius 3 is 2.73 bits per heavy atom. The van der Waals surface area contributed by atoms with Crippen LogP contribution in [-0.4, -0.2) is 4.98 Å². The van der Waals surface area contributed by atoms with E-state index in [1.807, 2.05) is 0 Å². The number of rotatable bonds is 0. The van der Waals surface area contributed by atoms with Gasteiger partial charge < -0.3 is 10.3 Å². The summed E-state index contributed by atoms with van der Waals surface area (Å²) < 4.78 is 0. The maximum absolute atomic E-state index is 3.50. The molecule has 0 saturated carbocycles. The highest BCUT2D eigenvalue weighted by Gasteiger charge is 2.17. The Morgan fingerprint density at radius 2 is 1.87 bits per heavy atom. The van der Waals surface area contributed by atoms with E-state index in [0.29, 0.717) is 0 Å². The van der Waals surface area contributed by atoms with Crippen molar-refractivity contribution in [3.63, 3.8) is 0 Å². The molecule has 0 saturated heterocycles. The molecular formula is C13H10N2. The molecule has 72 valence electrons. The molecule has 1 aromatic heterocycles. The van der Waals surface area contributed by atoms with Gasteiger partial charge in [-0.1, -0.05) is 24.3 Å². The molecule has 0 bridgehead atoms. The van der Waals surface area contributed by atoms with Gasteiger partial charge in [-0.25, -0.2) is 0 Å². The fourth-order valence-corrected chi connectivity index (χ4v) is 2.40. The van der Waals surface area contributed by atoms with E-state index < -0.39 is 0 Å². The number of hydrogen-bond acceptors (Lipinski definition) is 1. The maximum atomic E-state index is 3.50. The number of aromatic amines is 1. The molecule has 2 heterocycles. The molecule has 2 aromatic carbocycles. The van der Waals surface area contributed by atoms with Crippen molar-refractivity contribution >= 4 is 27.5 Å². The van der Waals surface area contributed by atoms with Crippen molar-refractivity contribution in [1.82, 2.24) is 4.98 Å². The summed E-state index contributed by atoms with van der Waals surface area (Å²) in [5.74, 6) is 0. The van der Waals surface area contributed by atoms with Gasteiger partial charge in [0.15, 0.2) is 0 Å². The number of hydrogen-bond donors (Lipinski definition) is 2. The molecule has 0 radical (unpaired) electrons. The first-order chi connectivity index (χ1) is 7.43. The maximum Gasteiger partial charge on any atom is 0.0536 e. The van der Waals surface area contributed by atoms with Crippen molar-refractivity contribution in [1.29, 1.82) is 0 Å². The average molecular weight is 194 g/mol. The molecule has 0 aliphatic carbocycles. The Balaban J connectivity index is 2.30. The second-order valence-corrected chi connectivity index (χ2v) is 4.04. The fraction of sp³-hybridized carbons (Fsp3) is 0.0769. The summed E-state index contributed by atoms with van der Waals surface area (Å²) in [4.78, 5) is 3.50. The van der Waals surface area contributed by atoms with E-state index in [9.17, 15) is 0 Å². The van der Waals surface area contributed by atoms with Crippen LogP contribution in [0.25, 0.3) is 21.8 Å². The largest absolute Gasteiger partial charge is 0.380 e. The third-order valence-corrected chi connectivity index (χ3v) is 3.25. The summed E-state index contributed by atoms with van der Waals surface area (Å²) in [6.07, 6.45) is 0. The van der Waals surface area contributed by atoms with Crippen LogP contribution in [0.1, 0.15) is 5.56 Å². The molecule has 2 heteroatoms. The lowest BCUT2D eigenvalue weighted by atomic mass is 10.0. The highest BCUT2D eigenvalue weighted by Crippen LogP contribution is 2.35. The third kappa shape index (κ3) is 0.796. The summed E-state index contributed by atoms with van der Waals surface area (Å²) in [6.45, 7) is 0.986. The summed E-state index contributed by atoms with van der Waals surface area (Å²) in [5, 5.41) is 5.97. The van der Waals surface area contributed by atoms with E-state index >= 15 is 0 Å². The van der Waals surface area contributed by atoms with E-state index in [1.54, 1.807) is 0 Å². The fourth-order valence-electron chi connectivity index (χ4n) is 2.40. The van der Waals surface area contributed by atoms with Crippen LogP contribution in [-0.2, 0) is 6.54 Å². The summed E-state index contributed by atoms with van der Waals surface area (Å²) in [5.41, 5.74) is 5.22. The van der Waals surface area contributed by atoms with Crippen molar-refractivity contribution < 1.29 is 0 Å². The molecule has 0 amide bonds. The number of anilines is 1. The smallest absolute Gasteiger partial charge is 0.0536 e. The molecule has 0 spiro atoms. The molecule has 15 heavy (non-hydrogen) atoms. The van der Waals surface area contributed by atoms with Gasteiger partial charge in [0, 0.05) is 34.1 Å². The van der Waals surface area contributed by atoms with E-state index in [-0.39, 0.29) is 0 Å². The molecule has 0 unspecified atom stereocenters. The van der Waals surface area contributed by atoms with Gasteiger partial charge in [-0.2, -0.15) is 0 Å². The van der Waals surface area contributed by atoms with Gasteiger partial charge in [0.1, 0.15) is 0 Å². The first-order valence-corrected chi connectivity index (χ1v) is 5.20. The van der Waals surface area contributed by atoms with Crippen molar-refractivity contribution in [2.75, 3.05) is 5.32 Å². The molecule has 1 aliphatic rings. The molecule has 0 atom stereocenters. The van der Waals surface area contributed by atoms with Crippen LogP contribution >= 0.6 is 0 Å². The number of benzene rings is 2. The lowest BCUT2D eigenvalue weighted by molar-refractivity contribution is 1.07. The summed E-state index contributed by atoms with van der Waals surface area (Å²) in [6, 6.07) is 12.8. The van der Waals surface area contributed by atoms with Gasteiger partial charge in [0.2, 0.25) is 0 Å². The minimum Gasteiger partial charge on any atom is -0.380 e. The monoisotopic (exact) mass is 194 g/mol. The molecule has 4 rings (SSSR count). The average Bonchev–Trinajstić information content (AvgIpc) is 2.56. The van der Waals surface area contributed by atoms with E-state index in [2.05, 4.69) is 46.7 Å². The van der Waals surface area contributed by atoms with Gasteiger partial charge in [0.25, 0.3) is 0 Å². The zero-order valence-electron chi connectivity index (χ0n) is 8.17. The van der Waals surface area contributed by atoms with Gasteiger partial charge in [-0.15, -0.1) is 0 Å². The van der Waals surface area contributed by atoms with Crippen LogP contribution in [0.2, 0.25) is 0 Å². The minimum absolute atomic E-state index is 0.986. The molecule has 1 aliphatic heterocycles. The molecule has 0 fully saturated rings. The second-order valence-electron chi connectivity index (χ2n) is 4.04. The van der Waals surface area contributed by atoms with E-state index in [0.717, 1.165) is 6.54 Å². The summed E-state index contributed by atoms with van der Waals surface area (Å²) >= 11 is 0. The predicted molar refractivity (Wildman–Crippen MR) is 63.1 cm³/mol. The molecule has 3 aromatic rings. The van der Waals surface area contributed by atoms with Crippen LogP contribution in [0, 0.1) is 0 Å². The van der Waals surface area contributed by atoms with Gasteiger partial charge >= 0.3 is 0 Å². The van der Waals surface area contributed by atoms with E-state index in [4.69, 9.17) is 0 Å². The van der Waals surface area contributed by atoms with Crippen molar-refractivity contribution in [2.24, 2.45) is 0 Å². The molecular weight excluding hydrogens is 184 g/mol.